The Labute approximate surface area is 194 Å². The summed E-state index contributed by atoms with van der Waals surface area (Å²) in [5, 5.41) is 2.78. The second-order valence-electron chi connectivity index (χ2n) is 8.19. The lowest BCUT2D eigenvalue weighted by Crippen LogP contribution is -2.28. The molecular formula is C28H29FN2O2. The second kappa shape index (κ2) is 11.4. The van der Waals surface area contributed by atoms with Crippen molar-refractivity contribution in [3.8, 4) is 5.75 Å². The standard InChI is InChI=1S/C28H29FN2O2/c29-26-9-4-8-25(20-26)28(32)30-16-5-19-33-27-12-10-22(11-13-27)21-31-17-14-24(15-18-31)23-6-2-1-3-7-23/h1-4,6-14,20H,5,15-19,21H2,(H,30,32). The number of halogens is 1. The van der Waals surface area contributed by atoms with Crippen LogP contribution < -0.4 is 10.1 Å². The van der Waals surface area contributed by atoms with Crippen molar-refractivity contribution in [1.82, 2.24) is 10.2 Å². The summed E-state index contributed by atoms with van der Waals surface area (Å²) in [6.45, 7) is 3.91. The molecule has 1 N–H and O–H groups in total. The fourth-order valence-electron chi connectivity index (χ4n) is 3.91. The zero-order chi connectivity index (χ0) is 22.9. The van der Waals surface area contributed by atoms with Gasteiger partial charge in [-0.3, -0.25) is 9.69 Å². The summed E-state index contributed by atoms with van der Waals surface area (Å²) < 4.78 is 19.0. The molecule has 1 aliphatic heterocycles. The van der Waals surface area contributed by atoms with E-state index in [4.69, 9.17) is 4.74 Å². The van der Waals surface area contributed by atoms with Crippen LogP contribution in [-0.2, 0) is 6.54 Å². The van der Waals surface area contributed by atoms with Gasteiger partial charge in [0.2, 0.25) is 0 Å². The Kier molecular flexibility index (Phi) is 7.88. The van der Waals surface area contributed by atoms with Gasteiger partial charge < -0.3 is 10.1 Å². The average Bonchev–Trinajstić information content (AvgIpc) is 2.86. The van der Waals surface area contributed by atoms with Gasteiger partial charge in [0.05, 0.1) is 6.61 Å². The molecule has 170 valence electrons. The Balaban J connectivity index is 1.16. The molecule has 0 unspecified atom stereocenters. The van der Waals surface area contributed by atoms with Crippen molar-refractivity contribution in [2.24, 2.45) is 0 Å². The molecule has 0 fully saturated rings. The molecular weight excluding hydrogens is 415 g/mol. The molecule has 0 radical (unpaired) electrons. The van der Waals surface area contributed by atoms with Crippen LogP contribution in [0.1, 0.15) is 34.3 Å². The fourth-order valence-corrected chi connectivity index (χ4v) is 3.91. The monoisotopic (exact) mass is 444 g/mol. The minimum atomic E-state index is -0.414. The maximum atomic E-state index is 13.2. The first-order valence-corrected chi connectivity index (χ1v) is 11.4. The molecule has 1 heterocycles. The number of hydrogen-bond acceptors (Lipinski definition) is 3. The number of carbonyl (C=O) groups excluding carboxylic acids is 1. The highest BCUT2D eigenvalue weighted by Crippen LogP contribution is 2.23. The van der Waals surface area contributed by atoms with E-state index < -0.39 is 5.82 Å². The minimum Gasteiger partial charge on any atom is -0.494 e. The molecule has 0 atom stereocenters. The summed E-state index contributed by atoms with van der Waals surface area (Å²) >= 11 is 0. The van der Waals surface area contributed by atoms with Crippen molar-refractivity contribution < 1.29 is 13.9 Å². The van der Waals surface area contributed by atoms with Gasteiger partial charge in [0.15, 0.2) is 0 Å². The fraction of sp³-hybridized carbons (Fsp3) is 0.250. The van der Waals surface area contributed by atoms with E-state index in [-0.39, 0.29) is 5.91 Å². The second-order valence-corrected chi connectivity index (χ2v) is 8.19. The van der Waals surface area contributed by atoms with Crippen LogP contribution in [0.2, 0.25) is 0 Å². The molecule has 3 aromatic rings. The molecule has 3 aromatic carbocycles. The SMILES string of the molecule is O=C(NCCCOc1ccc(CN2CC=C(c3ccccc3)CC2)cc1)c1cccc(F)c1. The summed E-state index contributed by atoms with van der Waals surface area (Å²) in [5.74, 6) is 0.130. The molecule has 0 aromatic heterocycles. The highest BCUT2D eigenvalue weighted by atomic mass is 19.1. The quantitative estimate of drug-likeness (QED) is 0.455. The molecule has 0 bridgehead atoms. The predicted octanol–water partition coefficient (Wildman–Crippen LogP) is 5.31. The van der Waals surface area contributed by atoms with Crippen LogP contribution in [0.15, 0.2) is 84.9 Å². The number of amides is 1. The van der Waals surface area contributed by atoms with Gasteiger partial charge in [0, 0.05) is 31.7 Å². The number of rotatable bonds is 9. The van der Waals surface area contributed by atoms with Gasteiger partial charge in [-0.25, -0.2) is 4.39 Å². The van der Waals surface area contributed by atoms with E-state index in [0.29, 0.717) is 25.1 Å². The van der Waals surface area contributed by atoms with E-state index in [1.54, 1.807) is 6.07 Å². The third-order valence-electron chi connectivity index (χ3n) is 5.73. The Hall–Kier alpha value is -3.44. The smallest absolute Gasteiger partial charge is 0.251 e. The first-order valence-electron chi connectivity index (χ1n) is 11.4. The normalized spacial score (nSPS) is 13.9. The van der Waals surface area contributed by atoms with Gasteiger partial charge >= 0.3 is 0 Å². The lowest BCUT2D eigenvalue weighted by molar-refractivity contribution is 0.0951. The van der Waals surface area contributed by atoms with E-state index in [2.05, 4.69) is 58.8 Å². The van der Waals surface area contributed by atoms with Crippen LogP contribution in [0.4, 0.5) is 4.39 Å². The summed E-state index contributed by atoms with van der Waals surface area (Å²) in [6, 6.07) is 24.5. The number of carbonyl (C=O) groups is 1. The van der Waals surface area contributed by atoms with Crippen molar-refractivity contribution in [3.63, 3.8) is 0 Å². The van der Waals surface area contributed by atoms with Crippen molar-refractivity contribution in [2.45, 2.75) is 19.4 Å². The Morgan fingerprint density at radius 1 is 1.00 bits per heavy atom. The summed E-state index contributed by atoms with van der Waals surface area (Å²) in [5.41, 5.74) is 4.35. The molecule has 1 aliphatic rings. The molecule has 4 rings (SSSR count). The van der Waals surface area contributed by atoms with Crippen LogP contribution in [0, 0.1) is 5.82 Å². The van der Waals surface area contributed by atoms with Crippen molar-refractivity contribution in [1.29, 1.82) is 0 Å². The van der Waals surface area contributed by atoms with Crippen LogP contribution in [-0.4, -0.2) is 37.0 Å². The van der Waals surface area contributed by atoms with Crippen LogP contribution in [0.5, 0.6) is 5.75 Å². The van der Waals surface area contributed by atoms with E-state index in [9.17, 15) is 9.18 Å². The van der Waals surface area contributed by atoms with Gasteiger partial charge in [-0.05, 0) is 59.9 Å². The molecule has 0 spiro atoms. The number of nitrogens with zero attached hydrogens (tertiary/aromatic N) is 1. The van der Waals surface area contributed by atoms with Gasteiger partial charge in [-0.1, -0.05) is 54.6 Å². The zero-order valence-corrected chi connectivity index (χ0v) is 18.7. The summed E-state index contributed by atoms with van der Waals surface area (Å²) in [4.78, 5) is 14.4. The predicted molar refractivity (Wildman–Crippen MR) is 130 cm³/mol. The zero-order valence-electron chi connectivity index (χ0n) is 18.7. The molecule has 0 saturated carbocycles. The van der Waals surface area contributed by atoms with E-state index in [1.165, 1.54) is 34.9 Å². The number of nitrogens with one attached hydrogen (secondary N) is 1. The van der Waals surface area contributed by atoms with E-state index in [0.717, 1.165) is 31.8 Å². The molecule has 0 saturated heterocycles. The van der Waals surface area contributed by atoms with E-state index in [1.807, 2.05) is 12.1 Å². The van der Waals surface area contributed by atoms with Crippen LogP contribution in [0.25, 0.3) is 5.57 Å². The number of ether oxygens (including phenoxy) is 1. The first-order chi connectivity index (χ1) is 16.2. The van der Waals surface area contributed by atoms with Crippen LogP contribution >= 0.6 is 0 Å². The summed E-state index contributed by atoms with van der Waals surface area (Å²) in [6.07, 6.45) is 4.08. The average molecular weight is 445 g/mol. The largest absolute Gasteiger partial charge is 0.494 e. The molecule has 1 amide bonds. The topological polar surface area (TPSA) is 41.6 Å². The third-order valence-corrected chi connectivity index (χ3v) is 5.73. The van der Waals surface area contributed by atoms with Crippen LogP contribution in [0.3, 0.4) is 0 Å². The van der Waals surface area contributed by atoms with Gasteiger partial charge in [0.25, 0.3) is 5.91 Å². The highest BCUT2D eigenvalue weighted by Gasteiger charge is 2.13. The third kappa shape index (κ3) is 6.77. The minimum absolute atomic E-state index is 0.276. The summed E-state index contributed by atoms with van der Waals surface area (Å²) in [7, 11) is 0. The van der Waals surface area contributed by atoms with Gasteiger partial charge in [-0.15, -0.1) is 0 Å². The van der Waals surface area contributed by atoms with Crippen molar-refractivity contribution in [3.05, 3.63) is 107 Å². The van der Waals surface area contributed by atoms with Gasteiger partial charge in [-0.2, -0.15) is 0 Å². The lowest BCUT2D eigenvalue weighted by Gasteiger charge is -2.26. The first kappa shape index (κ1) is 22.7. The number of hydrogen-bond donors (Lipinski definition) is 1. The Morgan fingerprint density at radius 3 is 2.55 bits per heavy atom. The Bertz CT molecular complexity index is 1080. The maximum absolute atomic E-state index is 13.2. The molecule has 33 heavy (non-hydrogen) atoms. The van der Waals surface area contributed by atoms with Crippen molar-refractivity contribution >= 4 is 11.5 Å². The van der Waals surface area contributed by atoms with E-state index >= 15 is 0 Å². The lowest BCUT2D eigenvalue weighted by atomic mass is 9.99. The Morgan fingerprint density at radius 2 is 1.82 bits per heavy atom. The van der Waals surface area contributed by atoms with Crippen molar-refractivity contribution in [2.75, 3.05) is 26.2 Å². The maximum Gasteiger partial charge on any atom is 0.251 e. The molecule has 5 heteroatoms. The van der Waals surface area contributed by atoms with Gasteiger partial charge in [0.1, 0.15) is 11.6 Å². The molecule has 0 aliphatic carbocycles. The number of benzene rings is 3. The highest BCUT2D eigenvalue weighted by molar-refractivity contribution is 5.94. The molecule has 4 nitrogen and oxygen atoms in total.